The average molecular weight is 394 g/mol. The van der Waals surface area contributed by atoms with Gasteiger partial charge >= 0.3 is 7.82 Å². The van der Waals surface area contributed by atoms with Crippen molar-refractivity contribution in [3.63, 3.8) is 0 Å². The lowest BCUT2D eigenvalue weighted by atomic mass is 10.1. The first kappa shape index (κ1) is 20.8. The molecule has 0 saturated carbocycles. The van der Waals surface area contributed by atoms with Gasteiger partial charge in [0.05, 0.1) is 12.9 Å². The van der Waals surface area contributed by atoms with Crippen molar-refractivity contribution >= 4 is 19.5 Å². The number of aromatic nitrogens is 2. The highest BCUT2D eigenvalue weighted by Crippen LogP contribution is 2.38. The van der Waals surface area contributed by atoms with Gasteiger partial charge in [-0.15, -0.1) is 0 Å². The number of hydrogen-bond acceptors (Lipinski definition) is 8. The molecule has 0 aliphatic carbocycles. The largest absolute Gasteiger partial charge is 0.469 e. The summed E-state index contributed by atoms with van der Waals surface area (Å²) in [5.41, 5.74) is 5.84. The van der Waals surface area contributed by atoms with Crippen molar-refractivity contribution in [2.75, 3.05) is 18.9 Å². The number of carbonyl (C=O) groups excluding carboxylic acids is 1. The predicted molar refractivity (Wildman–Crippen MR) is 87.8 cm³/mol. The van der Waals surface area contributed by atoms with Gasteiger partial charge in [-0.1, -0.05) is 13.3 Å². The third-order valence-corrected chi connectivity index (χ3v) is 4.37. The van der Waals surface area contributed by atoms with Crippen molar-refractivity contribution in [1.82, 2.24) is 14.9 Å². The van der Waals surface area contributed by atoms with Crippen LogP contribution in [0.25, 0.3) is 0 Å². The van der Waals surface area contributed by atoms with Gasteiger partial charge in [-0.3, -0.25) is 13.9 Å². The smallest absolute Gasteiger partial charge is 0.387 e. The number of anilines is 1. The lowest BCUT2D eigenvalue weighted by Crippen LogP contribution is -2.33. The summed E-state index contributed by atoms with van der Waals surface area (Å²) in [5, 5.41) is 22.8. The molecule has 1 aliphatic heterocycles. The molecule has 1 amide bonds. The summed E-state index contributed by atoms with van der Waals surface area (Å²) in [5.74, 6) is -0.559. The molecule has 1 aromatic rings. The first-order chi connectivity index (χ1) is 12.2. The molecule has 7 N–H and O–H groups in total. The van der Waals surface area contributed by atoms with E-state index in [2.05, 4.69) is 14.8 Å². The van der Waals surface area contributed by atoms with E-state index < -0.39 is 44.9 Å². The van der Waals surface area contributed by atoms with Crippen molar-refractivity contribution in [2.45, 2.75) is 44.3 Å². The number of aliphatic hydroxyl groups is 2. The van der Waals surface area contributed by atoms with E-state index in [4.69, 9.17) is 20.3 Å². The number of amides is 1. The number of hydrogen-bond donors (Lipinski definition) is 6. The molecule has 12 nitrogen and oxygen atoms in total. The Balaban J connectivity index is 2.09. The molecule has 26 heavy (non-hydrogen) atoms. The van der Waals surface area contributed by atoms with Gasteiger partial charge in [0.15, 0.2) is 11.9 Å². The molecule has 1 fully saturated rings. The Kier molecular flexibility index (Phi) is 6.74. The van der Waals surface area contributed by atoms with Crippen LogP contribution in [0.1, 0.15) is 36.5 Å². The first-order valence-electron chi connectivity index (χ1n) is 7.98. The van der Waals surface area contributed by atoms with E-state index in [0.717, 1.165) is 12.8 Å². The Morgan fingerprint density at radius 2 is 2.15 bits per heavy atom. The summed E-state index contributed by atoms with van der Waals surface area (Å²) in [4.78, 5) is 33.4. The monoisotopic (exact) mass is 394 g/mol. The summed E-state index contributed by atoms with van der Waals surface area (Å²) in [6.07, 6.45) is -2.46. The lowest BCUT2D eigenvalue weighted by Gasteiger charge is -2.17. The molecule has 2 rings (SSSR count). The van der Waals surface area contributed by atoms with Crippen LogP contribution in [0.5, 0.6) is 0 Å². The second-order valence-electron chi connectivity index (χ2n) is 5.83. The van der Waals surface area contributed by atoms with E-state index in [1.165, 1.54) is 10.9 Å². The van der Waals surface area contributed by atoms with E-state index >= 15 is 0 Å². The van der Waals surface area contributed by atoms with Crippen molar-refractivity contribution in [3.8, 4) is 0 Å². The van der Waals surface area contributed by atoms with E-state index in [9.17, 15) is 19.6 Å². The first-order valence-corrected chi connectivity index (χ1v) is 9.51. The molecule has 1 aliphatic rings. The minimum Gasteiger partial charge on any atom is -0.387 e. The highest BCUT2D eigenvalue weighted by molar-refractivity contribution is 7.46. The fourth-order valence-electron chi connectivity index (χ4n) is 2.48. The number of phosphoric ester groups is 1. The van der Waals surface area contributed by atoms with Crippen molar-refractivity contribution in [3.05, 3.63) is 12.0 Å². The van der Waals surface area contributed by atoms with Gasteiger partial charge in [0.2, 0.25) is 0 Å². The van der Waals surface area contributed by atoms with Gasteiger partial charge in [0, 0.05) is 6.54 Å². The second-order valence-corrected chi connectivity index (χ2v) is 7.07. The van der Waals surface area contributed by atoms with Crippen LogP contribution in [-0.2, 0) is 13.8 Å². The molecule has 0 unspecified atom stereocenters. The molecular weight excluding hydrogens is 371 g/mol. The van der Waals surface area contributed by atoms with Gasteiger partial charge in [-0.25, -0.2) is 9.55 Å². The number of nitrogen functional groups attached to an aromatic ring is 1. The van der Waals surface area contributed by atoms with Crippen molar-refractivity contribution in [1.29, 1.82) is 0 Å². The van der Waals surface area contributed by atoms with Crippen LogP contribution in [-0.4, -0.2) is 66.9 Å². The van der Waals surface area contributed by atoms with Gasteiger partial charge < -0.3 is 35.8 Å². The molecule has 13 heteroatoms. The quantitative estimate of drug-likeness (QED) is 0.229. The maximum atomic E-state index is 12.1. The zero-order valence-corrected chi connectivity index (χ0v) is 15.0. The normalized spacial score (nSPS) is 26.2. The minimum atomic E-state index is -4.76. The number of rotatable bonds is 8. The number of nitrogens with one attached hydrogen (secondary N) is 1. The minimum absolute atomic E-state index is 0.0543. The number of ether oxygens (including phenoxy) is 1. The second kappa shape index (κ2) is 8.44. The van der Waals surface area contributed by atoms with E-state index in [1.54, 1.807) is 0 Å². The summed E-state index contributed by atoms with van der Waals surface area (Å²) in [6.45, 7) is 1.80. The third kappa shape index (κ3) is 4.80. The SMILES string of the molecule is CCCCNC(=O)c1ncn([C@@H]2O[C@H](COP(=O)(O)O)[C@@H](O)[C@H]2O)c1N. The van der Waals surface area contributed by atoms with Gasteiger partial charge in [0.1, 0.15) is 24.1 Å². The van der Waals surface area contributed by atoms with Crippen LogP contribution in [0.4, 0.5) is 5.82 Å². The van der Waals surface area contributed by atoms with Crippen LogP contribution in [0.2, 0.25) is 0 Å². The fraction of sp³-hybridized carbons (Fsp3) is 0.692. The molecule has 1 aromatic heterocycles. The molecule has 0 radical (unpaired) electrons. The molecule has 148 valence electrons. The van der Waals surface area contributed by atoms with E-state index in [0.29, 0.717) is 6.54 Å². The number of phosphoric acid groups is 1. The number of unbranched alkanes of at least 4 members (excludes halogenated alkanes) is 1. The van der Waals surface area contributed by atoms with Crippen molar-refractivity contribution < 1.29 is 38.6 Å². The Hall–Kier alpha value is -1.53. The zero-order valence-electron chi connectivity index (χ0n) is 14.1. The zero-order chi connectivity index (χ0) is 19.5. The summed E-state index contributed by atoms with van der Waals surface area (Å²) < 4.78 is 21.6. The molecule has 2 heterocycles. The van der Waals surface area contributed by atoms with Gasteiger partial charge in [0.25, 0.3) is 5.91 Å². The van der Waals surface area contributed by atoms with Crippen LogP contribution in [0, 0.1) is 0 Å². The van der Waals surface area contributed by atoms with Crippen LogP contribution < -0.4 is 11.1 Å². The summed E-state index contributed by atoms with van der Waals surface area (Å²) in [6, 6.07) is 0. The molecule has 4 atom stereocenters. The Morgan fingerprint density at radius 1 is 1.46 bits per heavy atom. The molecule has 0 spiro atoms. The van der Waals surface area contributed by atoms with Crippen LogP contribution in [0.15, 0.2) is 6.33 Å². The molecule has 0 bridgehead atoms. The molecule has 1 saturated heterocycles. The number of imidazole rings is 1. The molecule has 0 aromatic carbocycles. The van der Waals surface area contributed by atoms with Gasteiger partial charge in [-0.2, -0.15) is 0 Å². The Labute approximate surface area is 149 Å². The highest BCUT2D eigenvalue weighted by atomic mass is 31.2. The lowest BCUT2D eigenvalue weighted by molar-refractivity contribution is -0.0510. The van der Waals surface area contributed by atoms with E-state index in [1.807, 2.05) is 6.92 Å². The standard InChI is InChI=1S/C13H23N4O8P/c1-2-3-4-15-12(20)8-11(14)17(6-16-8)13-10(19)9(18)7(25-13)5-24-26(21,22)23/h6-7,9-10,13,18-19H,2-5,14H2,1H3,(H,15,20)(H2,21,22,23)/t7-,9-,10-,13-/m1/s1. The molecular formula is C13H23N4O8P. The Bertz CT molecular complexity index is 677. The number of nitrogens with two attached hydrogens (primary N) is 1. The van der Waals surface area contributed by atoms with Crippen LogP contribution in [0.3, 0.4) is 0 Å². The number of nitrogens with zero attached hydrogens (tertiary/aromatic N) is 2. The fourth-order valence-corrected chi connectivity index (χ4v) is 2.82. The van der Waals surface area contributed by atoms with Crippen molar-refractivity contribution in [2.24, 2.45) is 0 Å². The topological polar surface area (TPSA) is 189 Å². The average Bonchev–Trinajstić information content (AvgIpc) is 3.06. The predicted octanol–water partition coefficient (Wildman–Crippen LogP) is -1.28. The van der Waals surface area contributed by atoms with Crippen LogP contribution >= 0.6 is 7.82 Å². The maximum Gasteiger partial charge on any atom is 0.469 e. The highest BCUT2D eigenvalue weighted by Gasteiger charge is 2.45. The summed E-state index contributed by atoms with van der Waals surface area (Å²) in [7, 11) is -4.76. The third-order valence-electron chi connectivity index (χ3n) is 3.88. The maximum absolute atomic E-state index is 12.1. The van der Waals surface area contributed by atoms with Gasteiger partial charge in [-0.05, 0) is 6.42 Å². The number of carbonyl (C=O) groups is 1. The van der Waals surface area contributed by atoms with E-state index in [-0.39, 0.29) is 11.5 Å². The number of aliphatic hydroxyl groups excluding tert-OH is 2. The summed E-state index contributed by atoms with van der Waals surface area (Å²) >= 11 is 0. The Morgan fingerprint density at radius 3 is 2.77 bits per heavy atom.